The van der Waals surface area contributed by atoms with Crippen LogP contribution in [-0.4, -0.2) is 73.2 Å². The minimum absolute atomic E-state index is 0.0817. The van der Waals surface area contributed by atoms with Crippen LogP contribution in [0.4, 0.5) is 23.2 Å². The number of rotatable bonds is 6. The molecule has 0 bridgehead atoms. The first-order valence-corrected chi connectivity index (χ1v) is 14.1. The number of hydrogen-bond donors (Lipinski definition) is 1. The van der Waals surface area contributed by atoms with Crippen LogP contribution in [0.3, 0.4) is 0 Å². The van der Waals surface area contributed by atoms with Gasteiger partial charge in [0.25, 0.3) is 17.4 Å². The summed E-state index contributed by atoms with van der Waals surface area (Å²) in [5.74, 6) is -2.17. The standard InChI is InChI=1S/C30H36ClF4N3O3/c1-28(19-20-9-13-37(14-10-20)23-7-8-24(25(31)18-23)26(39)36(2)3)11-15-38(16-12-28)27(40)29(41,30(33,34)35)21-5-4-6-22(32)17-21/h4-8,17-18,20,41H,9-16,19H2,1-3H3. The highest BCUT2D eigenvalue weighted by atomic mass is 35.5. The highest BCUT2D eigenvalue weighted by molar-refractivity contribution is 6.34. The van der Waals surface area contributed by atoms with Gasteiger partial charge in [-0.05, 0) is 73.8 Å². The Balaban J connectivity index is 1.34. The first-order chi connectivity index (χ1) is 19.1. The lowest BCUT2D eigenvalue weighted by atomic mass is 9.71. The van der Waals surface area contributed by atoms with Gasteiger partial charge < -0.3 is 19.8 Å². The second-order valence-electron chi connectivity index (χ2n) is 11.8. The summed E-state index contributed by atoms with van der Waals surface area (Å²) in [6.45, 7) is 3.89. The summed E-state index contributed by atoms with van der Waals surface area (Å²) < 4.78 is 55.7. The monoisotopic (exact) mass is 597 g/mol. The lowest BCUT2D eigenvalue weighted by Crippen LogP contribution is -2.57. The van der Waals surface area contributed by atoms with Crippen LogP contribution in [0.2, 0.25) is 5.02 Å². The summed E-state index contributed by atoms with van der Waals surface area (Å²) in [6.07, 6.45) is -1.55. The second kappa shape index (κ2) is 11.8. The van der Waals surface area contributed by atoms with Crippen LogP contribution in [0.5, 0.6) is 0 Å². The number of carbonyl (C=O) groups excluding carboxylic acids is 2. The number of piperidine rings is 2. The molecule has 0 aliphatic carbocycles. The average molecular weight is 598 g/mol. The van der Waals surface area contributed by atoms with Crippen LogP contribution in [0, 0.1) is 17.2 Å². The molecule has 2 saturated heterocycles. The number of anilines is 1. The highest BCUT2D eigenvalue weighted by Gasteiger charge is 2.62. The fraction of sp³-hybridized carbons (Fsp3) is 0.533. The van der Waals surface area contributed by atoms with Crippen molar-refractivity contribution < 1.29 is 32.3 Å². The van der Waals surface area contributed by atoms with Gasteiger partial charge in [-0.15, -0.1) is 0 Å². The molecule has 4 rings (SSSR count). The van der Waals surface area contributed by atoms with Gasteiger partial charge in [0.15, 0.2) is 0 Å². The van der Waals surface area contributed by atoms with Crippen LogP contribution in [0.15, 0.2) is 42.5 Å². The molecule has 2 fully saturated rings. The Hall–Kier alpha value is -2.85. The molecule has 0 saturated carbocycles. The van der Waals surface area contributed by atoms with Crippen molar-refractivity contribution in [2.45, 2.75) is 50.8 Å². The van der Waals surface area contributed by atoms with E-state index >= 15 is 0 Å². The smallest absolute Gasteiger partial charge is 0.371 e. The second-order valence-corrected chi connectivity index (χ2v) is 12.2. The van der Waals surface area contributed by atoms with Crippen molar-refractivity contribution in [1.82, 2.24) is 9.80 Å². The summed E-state index contributed by atoms with van der Waals surface area (Å²) >= 11 is 6.40. The minimum atomic E-state index is -5.31. The number of benzene rings is 2. The molecule has 2 heterocycles. The van der Waals surface area contributed by atoms with E-state index in [-0.39, 0.29) is 24.4 Å². The molecule has 224 valence electrons. The molecule has 0 aromatic heterocycles. The SMILES string of the molecule is CN(C)C(=O)c1ccc(N2CCC(CC3(C)CCN(C(=O)C(O)(c4cccc(F)c4)C(F)(F)F)CC3)CC2)cc1Cl. The zero-order valence-electron chi connectivity index (χ0n) is 23.5. The molecule has 2 aromatic carbocycles. The summed E-state index contributed by atoms with van der Waals surface area (Å²) in [7, 11) is 3.35. The van der Waals surface area contributed by atoms with Crippen LogP contribution < -0.4 is 4.90 Å². The first-order valence-electron chi connectivity index (χ1n) is 13.8. The fourth-order valence-corrected chi connectivity index (χ4v) is 6.27. The van der Waals surface area contributed by atoms with Gasteiger partial charge in [0, 0.05) is 51.5 Å². The van der Waals surface area contributed by atoms with Gasteiger partial charge in [-0.1, -0.05) is 30.7 Å². The van der Waals surface area contributed by atoms with E-state index in [0.29, 0.717) is 35.4 Å². The zero-order chi connectivity index (χ0) is 30.2. The first kappa shape index (κ1) is 31.1. The molecule has 2 amide bonds. The third-order valence-electron chi connectivity index (χ3n) is 8.57. The van der Waals surface area contributed by atoms with E-state index in [4.69, 9.17) is 11.6 Å². The number of amides is 2. The van der Waals surface area contributed by atoms with E-state index in [0.717, 1.165) is 61.1 Å². The molecule has 41 heavy (non-hydrogen) atoms. The van der Waals surface area contributed by atoms with Crippen LogP contribution in [-0.2, 0) is 10.4 Å². The Bertz CT molecular complexity index is 1270. The Kier molecular flexibility index (Phi) is 8.95. The predicted molar refractivity (Wildman–Crippen MR) is 149 cm³/mol. The Labute approximate surface area is 242 Å². The van der Waals surface area contributed by atoms with Crippen LogP contribution in [0.1, 0.15) is 54.9 Å². The topological polar surface area (TPSA) is 64.1 Å². The van der Waals surface area contributed by atoms with Crippen molar-refractivity contribution >= 4 is 29.1 Å². The number of hydrogen-bond acceptors (Lipinski definition) is 4. The molecule has 0 spiro atoms. The summed E-state index contributed by atoms with van der Waals surface area (Å²) in [5, 5.41) is 11.1. The highest BCUT2D eigenvalue weighted by Crippen LogP contribution is 2.44. The third-order valence-corrected chi connectivity index (χ3v) is 8.88. The molecule has 6 nitrogen and oxygen atoms in total. The summed E-state index contributed by atoms with van der Waals surface area (Å²) in [5.41, 5.74) is -3.38. The molecular formula is C30H36ClF4N3O3. The molecule has 2 aliphatic rings. The normalized spacial score (nSPS) is 19.5. The summed E-state index contributed by atoms with van der Waals surface area (Å²) in [4.78, 5) is 30.1. The molecule has 1 atom stereocenters. The number of halogens is 5. The number of carbonyl (C=O) groups is 2. The number of likely N-dealkylation sites (tertiary alicyclic amines) is 1. The van der Waals surface area contributed by atoms with Crippen molar-refractivity contribution in [1.29, 1.82) is 0 Å². The van der Waals surface area contributed by atoms with E-state index in [9.17, 15) is 32.3 Å². The van der Waals surface area contributed by atoms with Gasteiger partial charge in [0.2, 0.25) is 0 Å². The van der Waals surface area contributed by atoms with Gasteiger partial charge in [0.1, 0.15) is 5.82 Å². The van der Waals surface area contributed by atoms with E-state index in [1.165, 1.54) is 4.90 Å². The molecule has 2 aliphatic heterocycles. The maximum Gasteiger partial charge on any atom is 0.430 e. The number of nitrogens with zero attached hydrogens (tertiary/aromatic N) is 3. The van der Waals surface area contributed by atoms with Crippen LogP contribution >= 0.6 is 11.6 Å². The zero-order valence-corrected chi connectivity index (χ0v) is 24.2. The van der Waals surface area contributed by atoms with Crippen molar-refractivity contribution in [2.75, 3.05) is 45.2 Å². The van der Waals surface area contributed by atoms with Gasteiger partial charge >= 0.3 is 6.18 Å². The predicted octanol–water partition coefficient (Wildman–Crippen LogP) is 5.87. The molecule has 1 N–H and O–H groups in total. The van der Waals surface area contributed by atoms with Crippen molar-refractivity contribution in [3.05, 3.63) is 64.4 Å². The van der Waals surface area contributed by atoms with E-state index < -0.39 is 29.1 Å². The number of aliphatic hydroxyl groups is 1. The lowest BCUT2D eigenvalue weighted by molar-refractivity contribution is -0.262. The van der Waals surface area contributed by atoms with Gasteiger partial charge in [-0.3, -0.25) is 9.59 Å². The molecule has 0 radical (unpaired) electrons. The maximum absolute atomic E-state index is 14.0. The minimum Gasteiger partial charge on any atom is -0.371 e. The lowest BCUT2D eigenvalue weighted by Gasteiger charge is -2.45. The molecule has 1 unspecified atom stereocenters. The Morgan fingerprint density at radius 3 is 2.22 bits per heavy atom. The van der Waals surface area contributed by atoms with Gasteiger partial charge in [-0.25, -0.2) is 4.39 Å². The van der Waals surface area contributed by atoms with Crippen LogP contribution in [0.25, 0.3) is 0 Å². The van der Waals surface area contributed by atoms with E-state index in [1.807, 2.05) is 12.1 Å². The maximum atomic E-state index is 14.0. The summed E-state index contributed by atoms with van der Waals surface area (Å²) in [6, 6.07) is 8.94. The third kappa shape index (κ3) is 6.48. The molecular weight excluding hydrogens is 562 g/mol. The fourth-order valence-electron chi connectivity index (χ4n) is 6.01. The van der Waals surface area contributed by atoms with Crippen molar-refractivity contribution in [3.8, 4) is 0 Å². The van der Waals surface area contributed by atoms with Gasteiger partial charge in [-0.2, -0.15) is 13.2 Å². The van der Waals surface area contributed by atoms with E-state index in [1.54, 1.807) is 20.2 Å². The van der Waals surface area contributed by atoms with Gasteiger partial charge in [0.05, 0.1) is 10.6 Å². The van der Waals surface area contributed by atoms with E-state index in [2.05, 4.69) is 11.8 Å². The Morgan fingerprint density at radius 1 is 1.05 bits per heavy atom. The molecule has 11 heteroatoms. The average Bonchev–Trinajstić information content (AvgIpc) is 2.92. The van der Waals surface area contributed by atoms with Crippen molar-refractivity contribution in [2.24, 2.45) is 11.3 Å². The quantitative estimate of drug-likeness (QED) is 0.423. The van der Waals surface area contributed by atoms with Crippen molar-refractivity contribution in [3.63, 3.8) is 0 Å². The number of alkyl halides is 3. The molecule has 2 aromatic rings. The Morgan fingerprint density at radius 2 is 1.68 bits per heavy atom. The largest absolute Gasteiger partial charge is 0.430 e.